The van der Waals surface area contributed by atoms with E-state index in [9.17, 15) is 0 Å². The smallest absolute Gasteiger partial charge is 0.179 e. The molecule has 2 rings (SSSR count). The highest BCUT2D eigenvalue weighted by Crippen LogP contribution is 2.37. The van der Waals surface area contributed by atoms with E-state index in [4.69, 9.17) is 21.1 Å². The minimum atomic E-state index is 0.285. The van der Waals surface area contributed by atoms with E-state index in [1.807, 2.05) is 23.5 Å². The third kappa shape index (κ3) is 3.70. The zero-order valence-corrected chi connectivity index (χ0v) is 14.3. The molecular weight excluding hydrogens is 306 g/mol. The fraction of sp³-hybridized carbons (Fsp3) is 0.375. The van der Waals surface area contributed by atoms with Gasteiger partial charge in [-0.25, -0.2) is 0 Å². The predicted molar refractivity (Wildman–Crippen MR) is 88.9 cm³/mol. The van der Waals surface area contributed by atoms with Crippen LogP contribution in [0.5, 0.6) is 11.5 Å². The maximum Gasteiger partial charge on any atom is 0.179 e. The lowest BCUT2D eigenvalue weighted by Gasteiger charge is -2.16. The number of rotatable bonds is 6. The Morgan fingerprint density at radius 3 is 2.52 bits per heavy atom. The molecular formula is C16H20ClNO2S. The number of benzene rings is 1. The van der Waals surface area contributed by atoms with Crippen LogP contribution in [0, 0.1) is 6.92 Å². The van der Waals surface area contributed by atoms with E-state index < -0.39 is 0 Å². The van der Waals surface area contributed by atoms with E-state index in [1.54, 1.807) is 14.2 Å². The number of nitrogens with one attached hydrogen (secondary N) is 1. The second-order valence-corrected chi connectivity index (χ2v) is 6.52. The Hall–Kier alpha value is -1.23. The van der Waals surface area contributed by atoms with Crippen LogP contribution < -0.4 is 14.8 Å². The highest BCUT2D eigenvalue weighted by molar-refractivity contribution is 7.12. The van der Waals surface area contributed by atoms with Crippen LogP contribution >= 0.6 is 22.9 Å². The molecule has 0 amide bonds. The number of thiophene rings is 1. The zero-order valence-electron chi connectivity index (χ0n) is 12.7. The van der Waals surface area contributed by atoms with Crippen molar-refractivity contribution >= 4 is 22.9 Å². The molecule has 5 heteroatoms. The van der Waals surface area contributed by atoms with Crippen LogP contribution in [0.15, 0.2) is 24.3 Å². The summed E-state index contributed by atoms with van der Waals surface area (Å²) in [4.78, 5) is 2.65. The van der Waals surface area contributed by atoms with Crippen molar-refractivity contribution in [3.8, 4) is 11.5 Å². The molecule has 1 atom stereocenters. The third-order valence-corrected chi connectivity index (χ3v) is 4.95. The van der Waals surface area contributed by atoms with Gasteiger partial charge in [-0.1, -0.05) is 17.7 Å². The molecule has 0 radical (unpaired) electrons. The van der Waals surface area contributed by atoms with Gasteiger partial charge in [-0.05, 0) is 37.6 Å². The summed E-state index contributed by atoms with van der Waals surface area (Å²) in [6.45, 7) is 4.95. The summed E-state index contributed by atoms with van der Waals surface area (Å²) in [5.41, 5.74) is 0.995. The van der Waals surface area contributed by atoms with Gasteiger partial charge in [-0.3, -0.25) is 0 Å². The molecule has 0 bridgehead atoms. The largest absolute Gasteiger partial charge is 0.493 e. The van der Waals surface area contributed by atoms with Crippen LogP contribution in [-0.4, -0.2) is 14.2 Å². The summed E-state index contributed by atoms with van der Waals surface area (Å²) in [5.74, 6) is 1.23. The SMILES string of the molecule is COc1ccc(CNC(C)c2ccc(C)s2)c(Cl)c1OC. The van der Waals surface area contributed by atoms with Crippen LogP contribution in [0.4, 0.5) is 0 Å². The van der Waals surface area contributed by atoms with E-state index in [-0.39, 0.29) is 6.04 Å². The lowest BCUT2D eigenvalue weighted by Crippen LogP contribution is -2.17. The summed E-state index contributed by atoms with van der Waals surface area (Å²) < 4.78 is 10.6. The summed E-state index contributed by atoms with van der Waals surface area (Å²) >= 11 is 8.19. The summed E-state index contributed by atoms with van der Waals surface area (Å²) in [6, 6.07) is 8.42. The van der Waals surface area contributed by atoms with Gasteiger partial charge in [0.15, 0.2) is 11.5 Å². The maximum absolute atomic E-state index is 6.38. The van der Waals surface area contributed by atoms with Crippen molar-refractivity contribution in [3.05, 3.63) is 44.6 Å². The molecule has 1 aromatic heterocycles. The number of aryl methyl sites for hydroxylation is 1. The van der Waals surface area contributed by atoms with E-state index in [0.717, 1.165) is 5.56 Å². The average molecular weight is 326 g/mol. The van der Waals surface area contributed by atoms with Crippen molar-refractivity contribution in [1.29, 1.82) is 0 Å². The van der Waals surface area contributed by atoms with Crippen LogP contribution in [0.25, 0.3) is 0 Å². The highest BCUT2D eigenvalue weighted by Gasteiger charge is 2.14. The zero-order chi connectivity index (χ0) is 15.4. The molecule has 0 saturated heterocycles. The van der Waals surface area contributed by atoms with Crippen LogP contribution in [-0.2, 0) is 6.54 Å². The number of hydrogen-bond donors (Lipinski definition) is 1. The minimum absolute atomic E-state index is 0.285. The van der Waals surface area contributed by atoms with Gasteiger partial charge in [-0.15, -0.1) is 11.3 Å². The fourth-order valence-corrected chi connectivity index (χ4v) is 3.32. The van der Waals surface area contributed by atoms with Crippen molar-refractivity contribution in [2.24, 2.45) is 0 Å². The van der Waals surface area contributed by atoms with E-state index in [0.29, 0.717) is 23.1 Å². The minimum Gasteiger partial charge on any atom is -0.493 e. The molecule has 1 N–H and O–H groups in total. The topological polar surface area (TPSA) is 30.5 Å². The molecule has 0 saturated carbocycles. The average Bonchev–Trinajstić information content (AvgIpc) is 2.92. The standard InChI is InChI=1S/C16H20ClNO2S/c1-10-5-8-14(21-10)11(2)18-9-12-6-7-13(19-3)16(20-4)15(12)17/h5-8,11,18H,9H2,1-4H3. The molecule has 3 nitrogen and oxygen atoms in total. The van der Waals surface area contributed by atoms with Gasteiger partial charge in [-0.2, -0.15) is 0 Å². The third-order valence-electron chi connectivity index (χ3n) is 3.35. The Labute approximate surface area is 134 Å². The molecule has 0 fully saturated rings. The Balaban J connectivity index is 2.10. The lowest BCUT2D eigenvalue weighted by atomic mass is 10.1. The molecule has 0 aliphatic rings. The Kier molecular flexibility index (Phi) is 5.51. The Morgan fingerprint density at radius 1 is 1.19 bits per heavy atom. The monoisotopic (exact) mass is 325 g/mol. The fourth-order valence-electron chi connectivity index (χ4n) is 2.12. The first-order valence-corrected chi connectivity index (χ1v) is 7.95. The molecule has 114 valence electrons. The Morgan fingerprint density at radius 2 is 1.95 bits per heavy atom. The van der Waals surface area contributed by atoms with Gasteiger partial charge in [0.25, 0.3) is 0 Å². The second-order valence-electron chi connectivity index (χ2n) is 4.83. The normalized spacial score (nSPS) is 12.2. The molecule has 1 heterocycles. The lowest BCUT2D eigenvalue weighted by molar-refractivity contribution is 0.354. The van der Waals surface area contributed by atoms with Crippen molar-refractivity contribution in [3.63, 3.8) is 0 Å². The van der Waals surface area contributed by atoms with E-state index in [1.165, 1.54) is 9.75 Å². The number of methoxy groups -OCH3 is 2. The number of hydrogen-bond acceptors (Lipinski definition) is 4. The molecule has 2 aromatic rings. The van der Waals surface area contributed by atoms with Crippen molar-refractivity contribution in [1.82, 2.24) is 5.32 Å². The van der Waals surface area contributed by atoms with Gasteiger partial charge in [0.2, 0.25) is 0 Å². The first kappa shape index (κ1) is 16.1. The van der Waals surface area contributed by atoms with Crippen LogP contribution in [0.1, 0.15) is 28.3 Å². The number of halogens is 1. The van der Waals surface area contributed by atoms with Gasteiger partial charge in [0.1, 0.15) is 0 Å². The summed E-state index contributed by atoms with van der Waals surface area (Å²) in [6.07, 6.45) is 0. The molecule has 0 aliphatic heterocycles. The summed E-state index contributed by atoms with van der Waals surface area (Å²) in [7, 11) is 3.20. The number of ether oxygens (including phenoxy) is 2. The van der Waals surface area contributed by atoms with Gasteiger partial charge in [0, 0.05) is 22.3 Å². The van der Waals surface area contributed by atoms with Gasteiger partial charge < -0.3 is 14.8 Å². The van der Waals surface area contributed by atoms with E-state index in [2.05, 4.69) is 31.3 Å². The molecule has 21 heavy (non-hydrogen) atoms. The first-order valence-electron chi connectivity index (χ1n) is 6.76. The maximum atomic E-state index is 6.38. The second kappa shape index (κ2) is 7.16. The van der Waals surface area contributed by atoms with Gasteiger partial charge in [0.05, 0.1) is 19.2 Å². The van der Waals surface area contributed by atoms with Crippen molar-refractivity contribution < 1.29 is 9.47 Å². The van der Waals surface area contributed by atoms with Crippen LogP contribution in [0.3, 0.4) is 0 Å². The highest BCUT2D eigenvalue weighted by atomic mass is 35.5. The molecule has 1 unspecified atom stereocenters. The summed E-state index contributed by atoms with van der Waals surface area (Å²) in [5, 5.41) is 4.08. The van der Waals surface area contributed by atoms with Crippen molar-refractivity contribution in [2.75, 3.05) is 14.2 Å². The Bertz CT molecular complexity index is 612. The quantitative estimate of drug-likeness (QED) is 0.843. The molecule has 0 spiro atoms. The first-order chi connectivity index (χ1) is 10.1. The van der Waals surface area contributed by atoms with Gasteiger partial charge >= 0.3 is 0 Å². The van der Waals surface area contributed by atoms with Crippen molar-refractivity contribution in [2.45, 2.75) is 26.4 Å². The molecule has 1 aromatic carbocycles. The molecule has 0 aliphatic carbocycles. The van der Waals surface area contributed by atoms with Crippen LogP contribution in [0.2, 0.25) is 5.02 Å². The van der Waals surface area contributed by atoms with E-state index >= 15 is 0 Å². The predicted octanol–water partition coefficient (Wildman–Crippen LogP) is 4.58.